The van der Waals surface area contributed by atoms with Crippen molar-refractivity contribution in [3.05, 3.63) is 77.4 Å². The lowest BCUT2D eigenvalue weighted by molar-refractivity contribution is -0.136. The minimum Gasteiger partial charge on any atom is -0.368 e. The predicted octanol–water partition coefficient (Wildman–Crippen LogP) is 4.71. The molecule has 1 aliphatic rings. The molecule has 0 aliphatic carbocycles. The minimum absolute atomic E-state index is 0.138. The fraction of sp³-hybridized carbons (Fsp3) is 0.208. The van der Waals surface area contributed by atoms with Crippen molar-refractivity contribution in [3.8, 4) is 11.8 Å². The number of amides is 1. The third-order valence-electron chi connectivity index (χ3n) is 5.35. The number of carbonyl (C=O) groups excluding carboxylic acids is 1. The van der Waals surface area contributed by atoms with Crippen LogP contribution in [0, 0.1) is 11.8 Å². The molecule has 1 saturated heterocycles. The van der Waals surface area contributed by atoms with Gasteiger partial charge in [0.1, 0.15) is 6.04 Å². The summed E-state index contributed by atoms with van der Waals surface area (Å²) in [5.74, 6) is 5.69. The Morgan fingerprint density at radius 1 is 0.967 bits per heavy atom. The van der Waals surface area contributed by atoms with Crippen molar-refractivity contribution in [2.75, 3.05) is 11.4 Å². The first kappa shape index (κ1) is 19.8. The highest BCUT2D eigenvalue weighted by Gasteiger charge is 2.32. The molecule has 0 bridgehead atoms. The van der Waals surface area contributed by atoms with Crippen molar-refractivity contribution < 1.29 is 18.0 Å². The molecule has 3 aromatic rings. The van der Waals surface area contributed by atoms with E-state index in [2.05, 4.69) is 11.8 Å². The third kappa shape index (κ3) is 3.84. The van der Waals surface area contributed by atoms with E-state index in [1.807, 2.05) is 29.2 Å². The van der Waals surface area contributed by atoms with Crippen LogP contribution in [0.5, 0.6) is 0 Å². The lowest BCUT2D eigenvalue weighted by Gasteiger charge is -2.24. The summed E-state index contributed by atoms with van der Waals surface area (Å²) in [5.41, 5.74) is 6.99. The van der Waals surface area contributed by atoms with E-state index in [0.717, 1.165) is 36.7 Å². The van der Waals surface area contributed by atoms with Gasteiger partial charge in [-0.05, 0) is 60.0 Å². The number of rotatable bonds is 2. The van der Waals surface area contributed by atoms with Crippen LogP contribution in [-0.4, -0.2) is 18.5 Å². The Morgan fingerprint density at radius 3 is 2.37 bits per heavy atom. The Kier molecular flexibility index (Phi) is 5.13. The molecule has 2 N–H and O–H groups in total. The molecular weight excluding hydrogens is 389 g/mol. The van der Waals surface area contributed by atoms with Gasteiger partial charge < -0.3 is 10.6 Å². The van der Waals surface area contributed by atoms with Gasteiger partial charge in [-0.1, -0.05) is 36.1 Å². The molecule has 30 heavy (non-hydrogen) atoms. The molecule has 0 unspecified atom stereocenters. The van der Waals surface area contributed by atoms with Gasteiger partial charge in [0.05, 0.1) is 5.56 Å². The summed E-state index contributed by atoms with van der Waals surface area (Å²) >= 11 is 0. The van der Waals surface area contributed by atoms with Gasteiger partial charge >= 0.3 is 6.18 Å². The summed E-state index contributed by atoms with van der Waals surface area (Å²) in [4.78, 5) is 13.6. The molecule has 1 fully saturated rings. The summed E-state index contributed by atoms with van der Waals surface area (Å²) in [6.07, 6.45) is -2.76. The first-order chi connectivity index (χ1) is 14.3. The molecule has 3 aromatic carbocycles. The van der Waals surface area contributed by atoms with E-state index in [4.69, 9.17) is 5.73 Å². The highest BCUT2D eigenvalue weighted by molar-refractivity contribution is 5.91. The Balaban J connectivity index is 1.63. The highest BCUT2D eigenvalue weighted by Crippen LogP contribution is 2.35. The topological polar surface area (TPSA) is 46.3 Å². The van der Waals surface area contributed by atoms with Crippen LogP contribution in [0.15, 0.2) is 60.7 Å². The lowest BCUT2D eigenvalue weighted by Crippen LogP contribution is -2.40. The maximum absolute atomic E-state index is 13.3. The average molecular weight is 408 g/mol. The van der Waals surface area contributed by atoms with Crippen molar-refractivity contribution in [3.63, 3.8) is 0 Å². The van der Waals surface area contributed by atoms with Crippen molar-refractivity contribution in [1.29, 1.82) is 0 Å². The van der Waals surface area contributed by atoms with Gasteiger partial charge in [0.25, 0.3) is 0 Å². The summed E-state index contributed by atoms with van der Waals surface area (Å²) in [7, 11) is 0. The number of hydrogen-bond donors (Lipinski definition) is 1. The zero-order valence-electron chi connectivity index (χ0n) is 16.0. The second kappa shape index (κ2) is 7.75. The maximum atomic E-state index is 13.3. The van der Waals surface area contributed by atoms with Gasteiger partial charge in [-0.3, -0.25) is 4.79 Å². The first-order valence-corrected chi connectivity index (χ1v) is 9.61. The first-order valence-electron chi connectivity index (χ1n) is 9.61. The Bertz CT molecular complexity index is 1160. The van der Waals surface area contributed by atoms with Crippen LogP contribution < -0.4 is 10.6 Å². The monoisotopic (exact) mass is 408 g/mol. The number of benzene rings is 3. The van der Waals surface area contributed by atoms with Crippen LogP contribution in [0.2, 0.25) is 0 Å². The molecule has 1 amide bonds. The summed E-state index contributed by atoms with van der Waals surface area (Å²) in [5, 5.41) is 0.608. The molecule has 0 saturated carbocycles. The second-order valence-corrected chi connectivity index (χ2v) is 7.25. The zero-order valence-corrected chi connectivity index (χ0v) is 16.0. The number of alkyl halides is 3. The van der Waals surface area contributed by atoms with Crippen LogP contribution in [-0.2, 0) is 11.0 Å². The highest BCUT2D eigenvalue weighted by atomic mass is 19.4. The smallest absolute Gasteiger partial charge is 0.368 e. The third-order valence-corrected chi connectivity index (χ3v) is 5.35. The van der Waals surface area contributed by atoms with Crippen LogP contribution in [0.1, 0.15) is 29.5 Å². The number of hydrogen-bond acceptors (Lipinski definition) is 2. The number of fused-ring (bicyclic) bond motifs is 1. The van der Waals surface area contributed by atoms with Crippen molar-refractivity contribution >= 4 is 22.4 Å². The van der Waals surface area contributed by atoms with E-state index in [9.17, 15) is 18.0 Å². The molecule has 1 heterocycles. The number of anilines is 1. The number of nitrogens with zero attached hydrogens (tertiary/aromatic N) is 1. The van der Waals surface area contributed by atoms with E-state index in [0.29, 0.717) is 10.9 Å². The molecule has 0 aromatic heterocycles. The molecule has 6 heteroatoms. The van der Waals surface area contributed by atoms with Crippen LogP contribution in [0.25, 0.3) is 10.8 Å². The van der Waals surface area contributed by atoms with Crippen molar-refractivity contribution in [2.45, 2.75) is 25.1 Å². The minimum atomic E-state index is -4.42. The Labute approximate surface area is 172 Å². The molecule has 1 atom stereocenters. The van der Waals surface area contributed by atoms with Crippen LogP contribution in [0.4, 0.5) is 18.9 Å². The Hall–Kier alpha value is -3.46. The van der Waals surface area contributed by atoms with Gasteiger partial charge in [-0.25, -0.2) is 0 Å². The van der Waals surface area contributed by atoms with Gasteiger partial charge in [-0.2, -0.15) is 13.2 Å². The van der Waals surface area contributed by atoms with Crippen molar-refractivity contribution in [1.82, 2.24) is 0 Å². The zero-order chi connectivity index (χ0) is 21.3. The predicted molar refractivity (Wildman–Crippen MR) is 111 cm³/mol. The number of nitrogens with two attached hydrogens (primary N) is 1. The van der Waals surface area contributed by atoms with E-state index in [1.165, 1.54) is 12.1 Å². The standard InChI is InChI=1S/C24H19F3N2O/c25-24(26,27)21-7-2-5-19-17(4-1-6-20(19)21)12-9-16-10-13-18(14-11-16)29-15-3-8-22(29)23(28)30/h1-2,4-7,10-11,13-14,22H,3,8,15H2,(H2,28,30)/t22-/m1/s1. The van der Waals surface area contributed by atoms with Gasteiger partial charge in [-0.15, -0.1) is 0 Å². The average Bonchev–Trinajstić information content (AvgIpc) is 3.22. The summed E-state index contributed by atoms with van der Waals surface area (Å²) in [6, 6.07) is 16.0. The fourth-order valence-electron chi connectivity index (χ4n) is 3.91. The Morgan fingerprint density at radius 2 is 1.67 bits per heavy atom. The second-order valence-electron chi connectivity index (χ2n) is 7.25. The largest absolute Gasteiger partial charge is 0.417 e. The van der Waals surface area contributed by atoms with E-state index in [-0.39, 0.29) is 17.3 Å². The number of halogens is 3. The summed E-state index contributed by atoms with van der Waals surface area (Å²) in [6.45, 7) is 0.774. The number of primary amides is 1. The fourth-order valence-corrected chi connectivity index (χ4v) is 3.91. The normalized spacial score (nSPS) is 16.4. The van der Waals surface area contributed by atoms with Crippen LogP contribution >= 0.6 is 0 Å². The van der Waals surface area contributed by atoms with Gasteiger partial charge in [0, 0.05) is 23.4 Å². The number of carbonyl (C=O) groups is 1. The lowest BCUT2D eigenvalue weighted by atomic mass is 9.99. The van der Waals surface area contributed by atoms with Gasteiger partial charge in [0.15, 0.2) is 0 Å². The molecule has 4 rings (SSSR count). The van der Waals surface area contributed by atoms with Crippen molar-refractivity contribution in [2.24, 2.45) is 5.73 Å². The van der Waals surface area contributed by atoms with Gasteiger partial charge in [0.2, 0.25) is 5.91 Å². The molecule has 0 spiro atoms. The van der Waals surface area contributed by atoms with E-state index < -0.39 is 11.7 Å². The molecule has 3 nitrogen and oxygen atoms in total. The molecule has 1 aliphatic heterocycles. The molecular formula is C24H19F3N2O. The van der Waals surface area contributed by atoms with Crippen LogP contribution in [0.3, 0.4) is 0 Å². The summed E-state index contributed by atoms with van der Waals surface area (Å²) < 4.78 is 39.8. The van der Waals surface area contributed by atoms with E-state index in [1.54, 1.807) is 18.2 Å². The van der Waals surface area contributed by atoms with E-state index >= 15 is 0 Å². The molecule has 152 valence electrons. The SMILES string of the molecule is NC(=O)[C@H]1CCCN1c1ccc(C#Cc2cccc3c(C(F)(F)F)cccc23)cc1. The molecule has 0 radical (unpaired) electrons. The maximum Gasteiger partial charge on any atom is 0.417 e. The quantitative estimate of drug-likeness (QED) is 0.624.